The first kappa shape index (κ1) is 16.5. The minimum Gasteiger partial charge on any atom is -0.496 e. The van der Waals surface area contributed by atoms with Crippen molar-refractivity contribution in [3.63, 3.8) is 0 Å². The lowest BCUT2D eigenvalue weighted by atomic mass is 9.73. The molecule has 1 aromatic rings. The number of methoxy groups -OCH3 is 1. The summed E-state index contributed by atoms with van der Waals surface area (Å²) < 4.78 is 5.19. The van der Waals surface area contributed by atoms with Gasteiger partial charge in [0.25, 0.3) is 5.91 Å². The van der Waals surface area contributed by atoms with Crippen molar-refractivity contribution in [1.29, 1.82) is 0 Å². The van der Waals surface area contributed by atoms with Gasteiger partial charge in [-0.1, -0.05) is 31.9 Å². The van der Waals surface area contributed by atoms with Gasteiger partial charge in [-0.3, -0.25) is 14.5 Å². The van der Waals surface area contributed by atoms with Crippen LogP contribution in [0.1, 0.15) is 43.0 Å². The number of urea groups is 1. The number of nitrogens with one attached hydrogen (secondary N) is 1. The van der Waals surface area contributed by atoms with Crippen LogP contribution in [-0.4, -0.2) is 41.8 Å². The second-order valence-electron chi connectivity index (χ2n) is 6.56. The molecule has 0 unspecified atom stereocenters. The number of para-hydroxylation sites is 1. The fourth-order valence-electron chi connectivity index (χ4n) is 3.74. The van der Waals surface area contributed by atoms with Crippen LogP contribution in [0, 0.1) is 5.92 Å². The van der Waals surface area contributed by atoms with Gasteiger partial charge in [0.05, 0.1) is 19.2 Å². The number of amides is 3. The van der Waals surface area contributed by atoms with Crippen molar-refractivity contribution in [3.05, 3.63) is 29.8 Å². The molecule has 6 heteroatoms. The van der Waals surface area contributed by atoms with Crippen molar-refractivity contribution in [3.8, 4) is 5.75 Å². The highest BCUT2D eigenvalue weighted by Gasteiger charge is 2.55. The van der Waals surface area contributed by atoms with Crippen molar-refractivity contribution in [2.75, 3.05) is 13.7 Å². The Hall–Kier alpha value is -2.37. The first-order valence-corrected chi connectivity index (χ1v) is 8.30. The summed E-state index contributed by atoms with van der Waals surface area (Å²) in [6.07, 6.45) is 3.51. The third kappa shape index (κ3) is 2.56. The zero-order chi connectivity index (χ0) is 17.3. The average Bonchev–Trinajstić information content (AvgIpc) is 2.82. The molecule has 3 rings (SSSR count). The van der Waals surface area contributed by atoms with Gasteiger partial charge in [-0.2, -0.15) is 0 Å². The lowest BCUT2D eigenvalue weighted by Gasteiger charge is -2.36. The summed E-state index contributed by atoms with van der Waals surface area (Å²) >= 11 is 0. The van der Waals surface area contributed by atoms with Gasteiger partial charge in [-0.15, -0.1) is 0 Å². The molecule has 1 N–H and O–H groups in total. The molecule has 1 aliphatic heterocycles. The van der Waals surface area contributed by atoms with Gasteiger partial charge in [0.1, 0.15) is 11.3 Å². The van der Waals surface area contributed by atoms with E-state index in [4.69, 9.17) is 4.74 Å². The number of rotatable bonds is 4. The highest BCUT2D eigenvalue weighted by atomic mass is 16.5. The van der Waals surface area contributed by atoms with Crippen LogP contribution >= 0.6 is 0 Å². The van der Waals surface area contributed by atoms with Gasteiger partial charge in [-0.25, -0.2) is 4.79 Å². The van der Waals surface area contributed by atoms with E-state index >= 15 is 0 Å². The summed E-state index contributed by atoms with van der Waals surface area (Å²) in [5, 5.41) is 2.86. The summed E-state index contributed by atoms with van der Waals surface area (Å²) in [7, 11) is 1.48. The van der Waals surface area contributed by atoms with Crippen molar-refractivity contribution >= 4 is 17.7 Å². The molecule has 6 nitrogen and oxygen atoms in total. The third-order valence-electron chi connectivity index (χ3n) is 5.21. The van der Waals surface area contributed by atoms with E-state index in [-0.39, 0.29) is 24.2 Å². The molecule has 0 radical (unpaired) electrons. The molecule has 1 aliphatic carbocycles. The van der Waals surface area contributed by atoms with Gasteiger partial charge in [0.15, 0.2) is 5.78 Å². The summed E-state index contributed by atoms with van der Waals surface area (Å²) in [6, 6.07) is 6.34. The molecule has 0 aromatic heterocycles. The molecule has 24 heavy (non-hydrogen) atoms. The number of hydrogen-bond donors (Lipinski definition) is 1. The molecule has 1 saturated heterocycles. The van der Waals surface area contributed by atoms with E-state index in [1.54, 1.807) is 24.3 Å². The fraction of sp³-hybridized carbons (Fsp3) is 0.500. The number of hydrogen-bond acceptors (Lipinski definition) is 4. The molecular formula is C18H22N2O4. The lowest BCUT2D eigenvalue weighted by Crippen LogP contribution is -2.54. The number of imide groups is 1. The number of carbonyl (C=O) groups excluding carboxylic acids is 3. The number of carbonyl (C=O) groups is 3. The Morgan fingerprint density at radius 1 is 1.33 bits per heavy atom. The van der Waals surface area contributed by atoms with E-state index < -0.39 is 11.6 Å². The minimum atomic E-state index is -0.837. The second kappa shape index (κ2) is 6.26. The summed E-state index contributed by atoms with van der Waals surface area (Å²) in [5.74, 6) is -0.0659. The Balaban J connectivity index is 1.81. The van der Waals surface area contributed by atoms with Gasteiger partial charge in [0, 0.05) is 0 Å². The lowest BCUT2D eigenvalue weighted by molar-refractivity contribution is -0.133. The molecule has 0 bridgehead atoms. The van der Waals surface area contributed by atoms with E-state index in [0.717, 1.165) is 24.2 Å². The number of ketones is 1. The third-order valence-corrected chi connectivity index (χ3v) is 5.21. The fourth-order valence-corrected chi connectivity index (χ4v) is 3.74. The van der Waals surface area contributed by atoms with Gasteiger partial charge < -0.3 is 10.1 Å². The Labute approximate surface area is 141 Å². The summed E-state index contributed by atoms with van der Waals surface area (Å²) in [6.45, 7) is 1.72. The monoisotopic (exact) mass is 330 g/mol. The van der Waals surface area contributed by atoms with Crippen molar-refractivity contribution in [2.45, 2.75) is 38.1 Å². The predicted molar refractivity (Wildman–Crippen MR) is 87.9 cm³/mol. The maximum absolute atomic E-state index is 12.9. The maximum atomic E-state index is 12.9. The molecule has 1 spiro atoms. The summed E-state index contributed by atoms with van der Waals surface area (Å²) in [4.78, 5) is 38.8. The maximum Gasteiger partial charge on any atom is 0.325 e. The minimum absolute atomic E-state index is 0.0778. The Kier molecular flexibility index (Phi) is 4.30. The first-order chi connectivity index (χ1) is 11.5. The molecule has 1 saturated carbocycles. The predicted octanol–water partition coefficient (Wildman–Crippen LogP) is 2.38. The van der Waals surface area contributed by atoms with Crippen LogP contribution in [0.4, 0.5) is 4.79 Å². The van der Waals surface area contributed by atoms with Gasteiger partial charge in [-0.05, 0) is 30.9 Å². The van der Waals surface area contributed by atoms with Crippen LogP contribution < -0.4 is 10.1 Å². The van der Waals surface area contributed by atoms with E-state index in [9.17, 15) is 14.4 Å². The van der Waals surface area contributed by atoms with Crippen LogP contribution in [0.3, 0.4) is 0 Å². The highest BCUT2D eigenvalue weighted by Crippen LogP contribution is 2.38. The van der Waals surface area contributed by atoms with Gasteiger partial charge >= 0.3 is 6.03 Å². The molecule has 2 aliphatic rings. The second-order valence-corrected chi connectivity index (χ2v) is 6.56. The number of Topliss-reactive ketones (excluding diaryl/α,β-unsaturated/α-hetero) is 1. The number of benzene rings is 1. The quantitative estimate of drug-likeness (QED) is 0.679. The molecule has 3 amide bonds. The number of nitrogens with zero attached hydrogens (tertiary/aromatic N) is 1. The van der Waals surface area contributed by atoms with Crippen LogP contribution in [0.15, 0.2) is 24.3 Å². The highest BCUT2D eigenvalue weighted by molar-refractivity contribution is 6.11. The molecule has 1 heterocycles. The SMILES string of the molecule is COc1ccccc1C(=O)CN1C(=O)N[C@@]2(CCCC[C@@H]2C)C1=O. The normalized spacial score (nSPS) is 26.6. The number of ether oxygens (including phenoxy) is 1. The smallest absolute Gasteiger partial charge is 0.325 e. The van der Waals surface area contributed by atoms with Crippen molar-refractivity contribution in [2.24, 2.45) is 5.92 Å². The zero-order valence-corrected chi connectivity index (χ0v) is 14.0. The van der Waals surface area contributed by atoms with Crippen molar-refractivity contribution in [1.82, 2.24) is 10.2 Å². The standard InChI is InChI=1S/C18H22N2O4/c1-12-7-5-6-10-18(12)16(22)20(17(23)19-18)11-14(21)13-8-3-4-9-15(13)24-2/h3-4,8-9,12H,5-7,10-11H2,1-2H3,(H,19,23)/t12-,18+/m0/s1. The van der Waals surface area contributed by atoms with Gasteiger partial charge in [0.2, 0.25) is 0 Å². The Morgan fingerprint density at radius 3 is 2.79 bits per heavy atom. The molecule has 2 fully saturated rings. The Morgan fingerprint density at radius 2 is 2.08 bits per heavy atom. The van der Waals surface area contributed by atoms with E-state index in [1.807, 2.05) is 6.92 Å². The molecule has 1 aromatic carbocycles. The van der Waals surface area contributed by atoms with Crippen LogP contribution in [-0.2, 0) is 4.79 Å². The van der Waals surface area contributed by atoms with Crippen molar-refractivity contribution < 1.29 is 19.1 Å². The Bertz CT molecular complexity index is 687. The zero-order valence-electron chi connectivity index (χ0n) is 14.0. The molecular weight excluding hydrogens is 308 g/mol. The van der Waals surface area contributed by atoms with E-state index in [2.05, 4.69) is 5.32 Å². The van der Waals surface area contributed by atoms with Crippen LogP contribution in [0.5, 0.6) is 5.75 Å². The van der Waals surface area contributed by atoms with Crippen LogP contribution in [0.25, 0.3) is 0 Å². The molecule has 128 valence electrons. The largest absolute Gasteiger partial charge is 0.496 e. The topological polar surface area (TPSA) is 75.7 Å². The van der Waals surface area contributed by atoms with E-state index in [0.29, 0.717) is 17.7 Å². The first-order valence-electron chi connectivity index (χ1n) is 8.30. The average molecular weight is 330 g/mol. The van der Waals surface area contributed by atoms with Crippen LogP contribution in [0.2, 0.25) is 0 Å². The van der Waals surface area contributed by atoms with E-state index in [1.165, 1.54) is 7.11 Å². The summed E-state index contributed by atoms with van der Waals surface area (Å²) in [5.41, 5.74) is -0.464. The molecule has 2 atom stereocenters.